The van der Waals surface area contributed by atoms with Crippen molar-refractivity contribution in [2.24, 2.45) is 0 Å². The topological polar surface area (TPSA) is 60.2 Å². The molecule has 0 aromatic heterocycles. The molecule has 0 aliphatic carbocycles. The number of nitrogens with two attached hydrogens (primary N) is 1. The van der Waals surface area contributed by atoms with E-state index in [-0.39, 0.29) is 15.2 Å². The fourth-order valence-corrected chi connectivity index (χ4v) is 2.36. The molecule has 2 N–H and O–H groups in total. The van der Waals surface area contributed by atoms with Gasteiger partial charge in [0, 0.05) is 10.2 Å². The zero-order chi connectivity index (χ0) is 10.2. The average Bonchev–Trinajstić information content (AvgIpc) is 1.94. The molecule has 0 saturated heterocycles. The predicted molar refractivity (Wildman–Crippen MR) is 51.9 cm³/mol. The van der Waals surface area contributed by atoms with Gasteiger partial charge in [0.05, 0.1) is 5.02 Å². The first kappa shape index (κ1) is 10.7. The van der Waals surface area contributed by atoms with Crippen LogP contribution in [0.1, 0.15) is 0 Å². The molecule has 0 amide bonds. The van der Waals surface area contributed by atoms with Crippen molar-refractivity contribution in [3.63, 3.8) is 0 Å². The minimum Gasteiger partial charge on any atom is -0.399 e. The van der Waals surface area contributed by atoms with Gasteiger partial charge in [0.2, 0.25) is 0 Å². The molecule has 0 saturated carbocycles. The lowest BCUT2D eigenvalue weighted by Crippen LogP contribution is -1.96. The minimum atomic E-state index is -4.82. The van der Waals surface area contributed by atoms with Crippen LogP contribution in [0, 0.1) is 0 Å². The average molecular weight is 289 g/mol. The third-order valence-corrected chi connectivity index (χ3v) is 3.50. The molecular formula is C6H4BrClFNO2S. The van der Waals surface area contributed by atoms with Gasteiger partial charge in [0.15, 0.2) is 0 Å². The molecule has 13 heavy (non-hydrogen) atoms. The normalized spacial score (nSPS) is 11.6. The third-order valence-electron chi connectivity index (χ3n) is 1.28. The van der Waals surface area contributed by atoms with Crippen LogP contribution in [0.3, 0.4) is 0 Å². The van der Waals surface area contributed by atoms with Crippen molar-refractivity contribution in [2.75, 3.05) is 5.73 Å². The highest BCUT2D eigenvalue weighted by molar-refractivity contribution is 9.10. The van der Waals surface area contributed by atoms with E-state index in [4.69, 9.17) is 17.3 Å². The predicted octanol–water partition coefficient (Wildman–Crippen LogP) is 2.34. The van der Waals surface area contributed by atoms with Gasteiger partial charge in [-0.1, -0.05) is 11.6 Å². The van der Waals surface area contributed by atoms with E-state index < -0.39 is 15.1 Å². The largest absolute Gasteiger partial charge is 0.399 e. The number of benzene rings is 1. The van der Waals surface area contributed by atoms with Crippen molar-refractivity contribution in [1.82, 2.24) is 0 Å². The highest BCUT2D eigenvalue weighted by atomic mass is 79.9. The second kappa shape index (κ2) is 3.43. The Hall–Kier alpha value is -0.330. The zero-order valence-electron chi connectivity index (χ0n) is 6.09. The third kappa shape index (κ3) is 2.32. The summed E-state index contributed by atoms with van der Waals surface area (Å²) in [6, 6.07) is 2.35. The quantitative estimate of drug-likeness (QED) is 0.637. The van der Waals surface area contributed by atoms with Crippen LogP contribution in [0.4, 0.5) is 9.57 Å². The molecule has 0 radical (unpaired) electrons. The fraction of sp³-hybridized carbons (Fsp3) is 0. The van der Waals surface area contributed by atoms with Crippen molar-refractivity contribution in [1.29, 1.82) is 0 Å². The number of hydrogen-bond donors (Lipinski definition) is 1. The van der Waals surface area contributed by atoms with Crippen LogP contribution < -0.4 is 5.73 Å². The van der Waals surface area contributed by atoms with E-state index in [1.807, 2.05) is 0 Å². The summed E-state index contributed by atoms with van der Waals surface area (Å²) in [6.07, 6.45) is 0. The molecule has 0 aliphatic heterocycles. The Balaban J connectivity index is 3.56. The van der Waals surface area contributed by atoms with Crippen LogP contribution >= 0.6 is 27.5 Å². The lowest BCUT2D eigenvalue weighted by atomic mass is 10.3. The summed E-state index contributed by atoms with van der Waals surface area (Å²) in [5.41, 5.74) is 5.42. The molecule has 0 aliphatic rings. The van der Waals surface area contributed by atoms with E-state index in [0.29, 0.717) is 0 Å². The Morgan fingerprint density at radius 1 is 1.46 bits per heavy atom. The lowest BCUT2D eigenvalue weighted by Gasteiger charge is -2.02. The van der Waals surface area contributed by atoms with Gasteiger partial charge in [0.25, 0.3) is 0 Å². The number of nitrogen functional groups attached to an aromatic ring is 1. The molecule has 1 aromatic rings. The highest BCUT2D eigenvalue weighted by Gasteiger charge is 2.19. The van der Waals surface area contributed by atoms with Crippen LogP contribution in [0.5, 0.6) is 0 Å². The van der Waals surface area contributed by atoms with Crippen LogP contribution in [-0.4, -0.2) is 8.42 Å². The van der Waals surface area contributed by atoms with E-state index in [2.05, 4.69) is 15.9 Å². The van der Waals surface area contributed by atoms with Gasteiger partial charge in [0.1, 0.15) is 4.90 Å². The summed E-state index contributed by atoms with van der Waals surface area (Å²) in [5, 5.41) is -0.211. The molecule has 0 heterocycles. The van der Waals surface area contributed by atoms with Crippen LogP contribution in [-0.2, 0) is 10.2 Å². The Morgan fingerprint density at radius 3 is 2.46 bits per heavy atom. The molecule has 0 fully saturated rings. The molecule has 1 aromatic carbocycles. The molecule has 7 heteroatoms. The van der Waals surface area contributed by atoms with Gasteiger partial charge in [-0.3, -0.25) is 0 Å². The molecule has 0 spiro atoms. The van der Waals surface area contributed by atoms with E-state index in [9.17, 15) is 12.3 Å². The number of halogens is 3. The summed E-state index contributed by atoms with van der Waals surface area (Å²) >= 11 is 8.47. The van der Waals surface area contributed by atoms with Gasteiger partial charge in [-0.25, -0.2) is 0 Å². The first-order valence-electron chi connectivity index (χ1n) is 3.01. The second-order valence-corrected chi connectivity index (χ2v) is 4.80. The second-order valence-electron chi connectivity index (χ2n) is 2.25. The molecule has 3 nitrogen and oxygen atoms in total. The monoisotopic (exact) mass is 287 g/mol. The molecule has 0 atom stereocenters. The number of hydrogen-bond acceptors (Lipinski definition) is 3. The first-order chi connectivity index (χ1) is 5.82. The zero-order valence-corrected chi connectivity index (χ0v) is 9.25. The summed E-state index contributed by atoms with van der Waals surface area (Å²) in [4.78, 5) is -0.624. The molecule has 0 unspecified atom stereocenters. The SMILES string of the molecule is Nc1cc(Br)c(Cl)c(S(=O)(=O)F)c1. The summed E-state index contributed by atoms with van der Waals surface area (Å²) in [7, 11) is -4.82. The highest BCUT2D eigenvalue weighted by Crippen LogP contribution is 2.32. The standard InChI is InChI=1S/C6H4BrClFNO2S/c7-4-1-3(10)2-5(6(4)8)13(9,11)12/h1-2H,10H2. The molecule has 1 rings (SSSR count). The Kier molecular flexibility index (Phi) is 2.84. The van der Waals surface area contributed by atoms with Crippen molar-refractivity contribution < 1.29 is 12.3 Å². The smallest absolute Gasteiger partial charge is 0.333 e. The van der Waals surface area contributed by atoms with Gasteiger partial charge < -0.3 is 5.73 Å². The van der Waals surface area contributed by atoms with E-state index in [1.165, 1.54) is 6.07 Å². The fourth-order valence-electron chi connectivity index (χ4n) is 0.761. The molecular weight excluding hydrogens is 284 g/mol. The maximum atomic E-state index is 12.6. The van der Waals surface area contributed by atoms with Gasteiger partial charge in [-0.2, -0.15) is 8.42 Å². The maximum absolute atomic E-state index is 12.6. The van der Waals surface area contributed by atoms with E-state index in [0.717, 1.165) is 6.07 Å². The Bertz CT molecular complexity index is 448. The minimum absolute atomic E-state index is 0.118. The van der Waals surface area contributed by atoms with E-state index in [1.54, 1.807) is 0 Å². The van der Waals surface area contributed by atoms with Crippen LogP contribution in [0.15, 0.2) is 21.5 Å². The summed E-state index contributed by atoms with van der Waals surface area (Å²) < 4.78 is 33.9. The van der Waals surface area contributed by atoms with E-state index >= 15 is 0 Å². The summed E-state index contributed by atoms with van der Waals surface area (Å²) in [5.74, 6) is 0. The Morgan fingerprint density at radius 2 is 2.00 bits per heavy atom. The van der Waals surface area contributed by atoms with Crippen molar-refractivity contribution in [3.05, 3.63) is 21.6 Å². The lowest BCUT2D eigenvalue weighted by molar-refractivity contribution is 0.552. The van der Waals surface area contributed by atoms with Gasteiger partial charge in [-0.05, 0) is 28.1 Å². The molecule has 72 valence electrons. The number of rotatable bonds is 1. The summed E-state index contributed by atoms with van der Waals surface area (Å²) in [6.45, 7) is 0. The van der Waals surface area contributed by atoms with Crippen LogP contribution in [0.2, 0.25) is 5.02 Å². The van der Waals surface area contributed by atoms with Crippen molar-refractivity contribution in [3.8, 4) is 0 Å². The van der Waals surface area contributed by atoms with Crippen molar-refractivity contribution >= 4 is 43.4 Å². The van der Waals surface area contributed by atoms with Crippen molar-refractivity contribution in [2.45, 2.75) is 4.90 Å². The number of anilines is 1. The van der Waals surface area contributed by atoms with Gasteiger partial charge in [-0.15, -0.1) is 3.89 Å². The van der Waals surface area contributed by atoms with Gasteiger partial charge >= 0.3 is 10.2 Å². The van der Waals surface area contributed by atoms with Crippen LogP contribution in [0.25, 0.3) is 0 Å². The Labute approximate surface area is 88.0 Å². The molecule has 0 bridgehead atoms. The first-order valence-corrected chi connectivity index (χ1v) is 5.57. The maximum Gasteiger partial charge on any atom is 0.333 e.